The Bertz CT molecular complexity index is 568. The van der Waals surface area contributed by atoms with Gasteiger partial charge in [0.05, 0.1) is 6.04 Å². The van der Waals surface area contributed by atoms with E-state index >= 15 is 0 Å². The van der Waals surface area contributed by atoms with Gasteiger partial charge in [0.25, 0.3) is 0 Å². The van der Waals surface area contributed by atoms with Crippen molar-refractivity contribution in [2.75, 3.05) is 6.54 Å². The van der Waals surface area contributed by atoms with Crippen molar-refractivity contribution in [2.24, 2.45) is 0 Å². The van der Waals surface area contributed by atoms with Crippen LogP contribution in [0.25, 0.3) is 0 Å². The lowest BCUT2D eigenvalue weighted by Crippen LogP contribution is -2.22. The van der Waals surface area contributed by atoms with Crippen molar-refractivity contribution in [1.29, 1.82) is 0 Å². The molecule has 0 radical (unpaired) electrons. The van der Waals surface area contributed by atoms with Crippen molar-refractivity contribution < 1.29 is 4.39 Å². The molecule has 0 saturated carbocycles. The molecule has 0 fully saturated rings. The van der Waals surface area contributed by atoms with Crippen LogP contribution < -0.4 is 5.32 Å². The molecule has 0 aromatic heterocycles. The van der Waals surface area contributed by atoms with Gasteiger partial charge in [0, 0.05) is 3.57 Å². The lowest BCUT2D eigenvalue weighted by molar-refractivity contribution is 0.606. The monoisotopic (exact) mass is 369 g/mol. The van der Waals surface area contributed by atoms with Crippen LogP contribution in [-0.4, -0.2) is 6.54 Å². The minimum atomic E-state index is -0.151. The van der Waals surface area contributed by atoms with Gasteiger partial charge >= 0.3 is 0 Å². The van der Waals surface area contributed by atoms with Gasteiger partial charge < -0.3 is 5.32 Å². The lowest BCUT2D eigenvalue weighted by atomic mass is 9.97. The summed E-state index contributed by atoms with van der Waals surface area (Å²) in [6.45, 7) is 4.75. The Labute approximate surface area is 127 Å². The quantitative estimate of drug-likeness (QED) is 0.786. The molecule has 1 nitrogen and oxygen atoms in total. The van der Waals surface area contributed by atoms with Crippen LogP contribution in [0.1, 0.15) is 29.7 Å². The third-order valence-electron chi connectivity index (χ3n) is 3.11. The average molecular weight is 369 g/mol. The zero-order valence-corrected chi connectivity index (χ0v) is 13.2. The molecule has 19 heavy (non-hydrogen) atoms. The topological polar surface area (TPSA) is 12.0 Å². The highest BCUT2D eigenvalue weighted by molar-refractivity contribution is 14.1. The largest absolute Gasteiger partial charge is 0.307 e. The highest BCUT2D eigenvalue weighted by Gasteiger charge is 2.14. The van der Waals surface area contributed by atoms with Gasteiger partial charge in [-0.3, -0.25) is 0 Å². The summed E-state index contributed by atoms with van der Waals surface area (Å²) in [6, 6.07) is 13.8. The fraction of sp³-hybridized carbons (Fsp3) is 0.250. The molecular formula is C16H17FIN. The number of halogens is 2. The van der Waals surface area contributed by atoms with E-state index in [0.717, 1.165) is 12.1 Å². The minimum Gasteiger partial charge on any atom is -0.307 e. The minimum absolute atomic E-state index is 0.110. The Kier molecular flexibility index (Phi) is 4.93. The molecule has 0 amide bonds. The van der Waals surface area contributed by atoms with Crippen LogP contribution in [0.5, 0.6) is 0 Å². The summed E-state index contributed by atoms with van der Waals surface area (Å²) >= 11 is 2.31. The van der Waals surface area contributed by atoms with Crippen molar-refractivity contribution in [3.05, 3.63) is 68.5 Å². The summed E-state index contributed by atoms with van der Waals surface area (Å²) in [7, 11) is 0. The van der Waals surface area contributed by atoms with Crippen LogP contribution in [0, 0.1) is 16.3 Å². The molecule has 0 aliphatic heterocycles. The van der Waals surface area contributed by atoms with Crippen molar-refractivity contribution in [3.8, 4) is 0 Å². The number of hydrogen-bond acceptors (Lipinski definition) is 1. The molecule has 0 bridgehead atoms. The van der Waals surface area contributed by atoms with Crippen molar-refractivity contribution >= 4 is 22.6 Å². The molecule has 0 heterocycles. The van der Waals surface area contributed by atoms with E-state index in [0.29, 0.717) is 5.56 Å². The van der Waals surface area contributed by atoms with E-state index in [1.807, 2.05) is 12.1 Å². The number of aryl methyl sites for hydroxylation is 1. The standard InChI is InChI=1S/C16H17FIN/c1-3-19-16(12-5-4-6-14(18)10-12)13-7-8-15(17)11(2)9-13/h4-10,16,19H,3H2,1-2H3. The lowest BCUT2D eigenvalue weighted by Gasteiger charge is -2.20. The van der Waals surface area contributed by atoms with Crippen LogP contribution in [-0.2, 0) is 0 Å². The summed E-state index contributed by atoms with van der Waals surface area (Å²) in [5.74, 6) is -0.151. The fourth-order valence-electron chi connectivity index (χ4n) is 2.17. The van der Waals surface area contributed by atoms with Gasteiger partial charge in [-0.25, -0.2) is 4.39 Å². The predicted octanol–water partition coefficient (Wildman–Crippen LogP) is 4.44. The molecule has 2 aromatic rings. The first-order chi connectivity index (χ1) is 9.11. The molecule has 3 heteroatoms. The Morgan fingerprint density at radius 1 is 1.16 bits per heavy atom. The molecule has 1 atom stereocenters. The van der Waals surface area contributed by atoms with Crippen molar-refractivity contribution in [2.45, 2.75) is 19.9 Å². The van der Waals surface area contributed by atoms with Gasteiger partial charge in [0.2, 0.25) is 0 Å². The second-order valence-corrected chi connectivity index (χ2v) is 5.80. The molecule has 0 spiro atoms. The van der Waals surface area contributed by atoms with Gasteiger partial charge in [-0.05, 0) is 70.9 Å². The van der Waals surface area contributed by atoms with E-state index < -0.39 is 0 Å². The number of benzene rings is 2. The van der Waals surface area contributed by atoms with Crippen LogP contribution >= 0.6 is 22.6 Å². The number of nitrogens with one attached hydrogen (secondary N) is 1. The van der Waals surface area contributed by atoms with E-state index in [4.69, 9.17) is 0 Å². The van der Waals surface area contributed by atoms with Gasteiger partial charge in [0.15, 0.2) is 0 Å². The maximum absolute atomic E-state index is 13.4. The summed E-state index contributed by atoms with van der Waals surface area (Å²) in [4.78, 5) is 0. The van der Waals surface area contributed by atoms with E-state index in [-0.39, 0.29) is 11.9 Å². The average Bonchev–Trinajstić information content (AvgIpc) is 2.39. The zero-order chi connectivity index (χ0) is 13.8. The van der Waals surface area contributed by atoms with Crippen LogP contribution in [0.15, 0.2) is 42.5 Å². The fourth-order valence-corrected chi connectivity index (χ4v) is 2.73. The van der Waals surface area contributed by atoms with Gasteiger partial charge in [0.1, 0.15) is 5.82 Å². The first-order valence-electron chi connectivity index (χ1n) is 6.36. The summed E-state index contributed by atoms with van der Waals surface area (Å²) < 4.78 is 14.6. The van der Waals surface area contributed by atoms with Gasteiger partial charge in [-0.2, -0.15) is 0 Å². The second kappa shape index (κ2) is 6.48. The molecule has 2 rings (SSSR count). The molecule has 2 aromatic carbocycles. The van der Waals surface area contributed by atoms with E-state index in [1.165, 1.54) is 9.13 Å². The second-order valence-electron chi connectivity index (χ2n) is 4.55. The third kappa shape index (κ3) is 3.54. The maximum atomic E-state index is 13.4. The summed E-state index contributed by atoms with van der Waals surface area (Å²) in [6.07, 6.45) is 0. The third-order valence-corrected chi connectivity index (χ3v) is 3.78. The molecule has 1 N–H and O–H groups in total. The van der Waals surface area contributed by atoms with E-state index in [2.05, 4.69) is 59.1 Å². The summed E-state index contributed by atoms with van der Waals surface area (Å²) in [5.41, 5.74) is 2.99. The van der Waals surface area contributed by atoms with E-state index in [1.54, 1.807) is 13.0 Å². The zero-order valence-electron chi connectivity index (χ0n) is 11.1. The maximum Gasteiger partial charge on any atom is 0.126 e. The van der Waals surface area contributed by atoms with Crippen LogP contribution in [0.2, 0.25) is 0 Å². The SMILES string of the molecule is CCNC(c1cccc(I)c1)c1ccc(F)c(C)c1. The Morgan fingerprint density at radius 2 is 1.89 bits per heavy atom. The van der Waals surface area contributed by atoms with E-state index in [9.17, 15) is 4.39 Å². The highest BCUT2D eigenvalue weighted by atomic mass is 127. The molecule has 0 aliphatic rings. The van der Waals surface area contributed by atoms with Gasteiger partial charge in [-0.15, -0.1) is 0 Å². The molecular weight excluding hydrogens is 352 g/mol. The van der Waals surface area contributed by atoms with Crippen molar-refractivity contribution in [1.82, 2.24) is 5.32 Å². The smallest absolute Gasteiger partial charge is 0.126 e. The van der Waals surface area contributed by atoms with Crippen LogP contribution in [0.4, 0.5) is 4.39 Å². The Hall–Kier alpha value is -0.940. The predicted molar refractivity (Wildman–Crippen MR) is 85.8 cm³/mol. The first kappa shape index (κ1) is 14.5. The van der Waals surface area contributed by atoms with Crippen molar-refractivity contribution in [3.63, 3.8) is 0 Å². The molecule has 100 valence electrons. The molecule has 0 saturated heterocycles. The number of hydrogen-bond donors (Lipinski definition) is 1. The van der Waals surface area contributed by atoms with Crippen LogP contribution in [0.3, 0.4) is 0 Å². The highest BCUT2D eigenvalue weighted by Crippen LogP contribution is 2.25. The first-order valence-corrected chi connectivity index (χ1v) is 7.44. The van der Waals surface area contributed by atoms with Gasteiger partial charge in [-0.1, -0.05) is 31.2 Å². The molecule has 1 unspecified atom stereocenters. The number of rotatable bonds is 4. The molecule has 0 aliphatic carbocycles. The normalized spacial score (nSPS) is 12.4. The Balaban J connectivity index is 2.42. The Morgan fingerprint density at radius 3 is 2.53 bits per heavy atom. The summed E-state index contributed by atoms with van der Waals surface area (Å²) in [5, 5.41) is 3.46.